The van der Waals surface area contributed by atoms with E-state index in [4.69, 9.17) is 0 Å². The zero-order chi connectivity index (χ0) is 20.1. The Hall–Kier alpha value is -2.91. The third-order valence-electron chi connectivity index (χ3n) is 3.75. The van der Waals surface area contributed by atoms with E-state index in [1.54, 1.807) is 24.3 Å². The molecular formula is C19H16N2O5S2. The fourth-order valence-electron chi connectivity index (χ4n) is 2.36. The quantitative estimate of drug-likeness (QED) is 0.549. The molecule has 7 nitrogen and oxygen atoms in total. The molecule has 1 aromatic heterocycles. The number of carbonyl (C=O) groups is 3. The molecule has 1 aliphatic rings. The molecule has 28 heavy (non-hydrogen) atoms. The molecule has 1 aromatic carbocycles. The van der Waals surface area contributed by atoms with Gasteiger partial charge >= 0.3 is 11.9 Å². The van der Waals surface area contributed by atoms with Crippen molar-refractivity contribution in [2.45, 2.75) is 6.54 Å². The smallest absolute Gasteiger partial charge is 0.337 e. The molecule has 1 aliphatic heterocycles. The highest BCUT2D eigenvalue weighted by molar-refractivity contribution is 8.18. The Labute approximate surface area is 169 Å². The standard InChI is InChI=1S/C19H16N2O5S2/c1-25-16(22)10-15-17(23)21(11-14-4-3-9-27-14)19(28-15)20-13-7-5-12(6-8-13)18(24)26-2/h3-10H,11H2,1-2H3/b15-10+,20-19?. The molecule has 1 saturated heterocycles. The van der Waals surface area contributed by atoms with Crippen LogP contribution in [0.3, 0.4) is 0 Å². The number of carbonyl (C=O) groups excluding carboxylic acids is 3. The third kappa shape index (κ3) is 4.49. The van der Waals surface area contributed by atoms with Crippen molar-refractivity contribution < 1.29 is 23.9 Å². The molecule has 0 spiro atoms. The second-order valence-corrected chi connectivity index (χ2v) is 7.58. The predicted octanol–water partition coefficient (Wildman–Crippen LogP) is 3.35. The molecular weight excluding hydrogens is 400 g/mol. The number of nitrogens with zero attached hydrogens (tertiary/aromatic N) is 2. The van der Waals surface area contributed by atoms with Gasteiger partial charge < -0.3 is 9.47 Å². The molecule has 3 rings (SSSR count). The number of ether oxygens (including phenoxy) is 2. The zero-order valence-electron chi connectivity index (χ0n) is 15.1. The maximum atomic E-state index is 12.8. The van der Waals surface area contributed by atoms with Gasteiger partial charge in [-0.05, 0) is 47.5 Å². The van der Waals surface area contributed by atoms with E-state index in [1.165, 1.54) is 30.5 Å². The number of hydrogen-bond acceptors (Lipinski definition) is 8. The Balaban J connectivity index is 1.91. The second-order valence-electron chi connectivity index (χ2n) is 5.54. The fraction of sp³-hybridized carbons (Fsp3) is 0.158. The van der Waals surface area contributed by atoms with Crippen LogP contribution < -0.4 is 0 Å². The van der Waals surface area contributed by atoms with Crippen LogP contribution in [0.15, 0.2) is 57.8 Å². The first-order valence-corrected chi connectivity index (χ1v) is 9.80. The monoisotopic (exact) mass is 416 g/mol. The first-order chi connectivity index (χ1) is 13.5. The normalized spacial score (nSPS) is 16.6. The topological polar surface area (TPSA) is 85.3 Å². The zero-order valence-corrected chi connectivity index (χ0v) is 16.7. The minimum Gasteiger partial charge on any atom is -0.466 e. The fourth-order valence-corrected chi connectivity index (χ4v) is 4.01. The summed E-state index contributed by atoms with van der Waals surface area (Å²) >= 11 is 2.63. The van der Waals surface area contributed by atoms with Crippen molar-refractivity contribution in [3.63, 3.8) is 0 Å². The SMILES string of the molecule is COC(=O)/C=C1/SC(=Nc2ccc(C(=O)OC)cc2)N(Cc2cccs2)C1=O. The number of thioether (sulfide) groups is 1. The van der Waals surface area contributed by atoms with Gasteiger partial charge in [0.1, 0.15) is 0 Å². The van der Waals surface area contributed by atoms with E-state index < -0.39 is 11.9 Å². The van der Waals surface area contributed by atoms with E-state index in [0.29, 0.717) is 23.0 Å². The van der Waals surface area contributed by atoms with Gasteiger partial charge in [-0.25, -0.2) is 14.6 Å². The van der Waals surface area contributed by atoms with Gasteiger partial charge in [0, 0.05) is 11.0 Å². The number of methoxy groups -OCH3 is 2. The molecule has 2 aromatic rings. The van der Waals surface area contributed by atoms with Crippen molar-refractivity contribution in [2.75, 3.05) is 14.2 Å². The summed E-state index contributed by atoms with van der Waals surface area (Å²) in [5.74, 6) is -1.35. The van der Waals surface area contributed by atoms with Crippen LogP contribution in [0.4, 0.5) is 5.69 Å². The van der Waals surface area contributed by atoms with Crippen LogP contribution in [0.1, 0.15) is 15.2 Å². The lowest BCUT2D eigenvalue weighted by Gasteiger charge is -2.14. The first-order valence-electron chi connectivity index (χ1n) is 8.10. The van der Waals surface area contributed by atoms with Gasteiger partial charge in [0.05, 0.1) is 36.9 Å². The number of rotatable bonds is 5. The van der Waals surface area contributed by atoms with Crippen LogP contribution in [0, 0.1) is 0 Å². The maximum absolute atomic E-state index is 12.8. The summed E-state index contributed by atoms with van der Waals surface area (Å²) < 4.78 is 9.30. The molecule has 0 N–H and O–H groups in total. The summed E-state index contributed by atoms with van der Waals surface area (Å²) in [5.41, 5.74) is 0.974. The van der Waals surface area contributed by atoms with Crippen LogP contribution in [-0.4, -0.2) is 42.1 Å². The lowest BCUT2D eigenvalue weighted by molar-refractivity contribution is -0.135. The van der Waals surface area contributed by atoms with E-state index in [0.717, 1.165) is 22.7 Å². The second kappa shape index (κ2) is 8.85. The number of amides is 1. The molecule has 1 fully saturated rings. The van der Waals surface area contributed by atoms with Crippen LogP contribution >= 0.6 is 23.1 Å². The van der Waals surface area contributed by atoms with E-state index in [-0.39, 0.29) is 10.8 Å². The minimum absolute atomic E-state index is 0.244. The van der Waals surface area contributed by atoms with Gasteiger partial charge in [-0.2, -0.15) is 0 Å². The van der Waals surface area contributed by atoms with Crippen LogP contribution in [-0.2, 0) is 25.6 Å². The summed E-state index contributed by atoms with van der Waals surface area (Å²) in [5, 5.41) is 2.37. The third-order valence-corrected chi connectivity index (χ3v) is 5.61. The number of aliphatic imine (C=N–C) groups is 1. The number of benzene rings is 1. The number of esters is 2. The predicted molar refractivity (Wildman–Crippen MR) is 107 cm³/mol. The molecule has 144 valence electrons. The van der Waals surface area contributed by atoms with Crippen molar-refractivity contribution in [3.05, 3.63) is 63.2 Å². The van der Waals surface area contributed by atoms with Crippen LogP contribution in [0.2, 0.25) is 0 Å². The van der Waals surface area contributed by atoms with Gasteiger partial charge in [-0.15, -0.1) is 11.3 Å². The molecule has 0 bridgehead atoms. The van der Waals surface area contributed by atoms with Gasteiger partial charge in [-0.3, -0.25) is 9.69 Å². The summed E-state index contributed by atoms with van der Waals surface area (Å²) in [4.78, 5) is 43.1. The van der Waals surface area contributed by atoms with E-state index >= 15 is 0 Å². The van der Waals surface area contributed by atoms with Crippen molar-refractivity contribution in [3.8, 4) is 0 Å². The van der Waals surface area contributed by atoms with Crippen molar-refractivity contribution >= 4 is 51.8 Å². The van der Waals surface area contributed by atoms with Gasteiger partial charge in [-0.1, -0.05) is 6.07 Å². The van der Waals surface area contributed by atoms with E-state index in [2.05, 4.69) is 14.5 Å². The summed E-state index contributed by atoms with van der Waals surface area (Å²) in [6.45, 7) is 0.348. The Morgan fingerprint density at radius 1 is 1.14 bits per heavy atom. The summed E-state index contributed by atoms with van der Waals surface area (Å²) in [7, 11) is 2.57. The Morgan fingerprint density at radius 3 is 2.50 bits per heavy atom. The molecule has 1 amide bonds. The number of thiophene rings is 1. The molecule has 2 heterocycles. The largest absolute Gasteiger partial charge is 0.466 e. The highest BCUT2D eigenvalue weighted by atomic mass is 32.2. The van der Waals surface area contributed by atoms with Crippen molar-refractivity contribution in [1.82, 2.24) is 4.90 Å². The Morgan fingerprint density at radius 2 is 1.89 bits per heavy atom. The summed E-state index contributed by atoms with van der Waals surface area (Å²) in [6.07, 6.45) is 1.16. The number of hydrogen-bond donors (Lipinski definition) is 0. The van der Waals surface area contributed by atoms with Crippen molar-refractivity contribution in [1.29, 1.82) is 0 Å². The minimum atomic E-state index is -0.601. The summed E-state index contributed by atoms with van der Waals surface area (Å²) in [6, 6.07) is 10.4. The average molecular weight is 416 g/mol. The number of amidine groups is 1. The first kappa shape index (κ1) is 19.8. The molecule has 9 heteroatoms. The van der Waals surface area contributed by atoms with Gasteiger partial charge in [0.15, 0.2) is 5.17 Å². The van der Waals surface area contributed by atoms with Crippen LogP contribution in [0.5, 0.6) is 0 Å². The van der Waals surface area contributed by atoms with E-state index in [9.17, 15) is 14.4 Å². The Bertz CT molecular complexity index is 949. The Kier molecular flexibility index (Phi) is 6.27. The van der Waals surface area contributed by atoms with Gasteiger partial charge in [0.2, 0.25) is 0 Å². The lowest BCUT2D eigenvalue weighted by atomic mass is 10.2. The molecule has 0 saturated carbocycles. The van der Waals surface area contributed by atoms with Crippen LogP contribution in [0.25, 0.3) is 0 Å². The molecule has 0 radical (unpaired) electrons. The van der Waals surface area contributed by atoms with Gasteiger partial charge in [0.25, 0.3) is 5.91 Å². The molecule has 0 unspecified atom stereocenters. The van der Waals surface area contributed by atoms with E-state index in [1.807, 2.05) is 17.5 Å². The maximum Gasteiger partial charge on any atom is 0.337 e. The highest BCUT2D eigenvalue weighted by Crippen LogP contribution is 2.34. The highest BCUT2D eigenvalue weighted by Gasteiger charge is 2.34. The van der Waals surface area contributed by atoms with Crippen molar-refractivity contribution in [2.24, 2.45) is 4.99 Å². The average Bonchev–Trinajstić information content (AvgIpc) is 3.32. The molecule has 0 aliphatic carbocycles. The lowest BCUT2D eigenvalue weighted by Crippen LogP contribution is -2.28. The molecule has 0 atom stereocenters.